The van der Waals surface area contributed by atoms with Crippen molar-refractivity contribution < 1.29 is 4.79 Å². The third-order valence-corrected chi connectivity index (χ3v) is 4.49. The van der Waals surface area contributed by atoms with Crippen molar-refractivity contribution in [3.05, 3.63) is 0 Å². The first kappa shape index (κ1) is 19.5. The van der Waals surface area contributed by atoms with Gasteiger partial charge in [-0.05, 0) is 30.6 Å². The summed E-state index contributed by atoms with van der Waals surface area (Å²) in [7, 11) is 0. The lowest BCUT2D eigenvalue weighted by Crippen LogP contribution is -2.47. The molecule has 0 spiro atoms. The van der Waals surface area contributed by atoms with Crippen molar-refractivity contribution in [1.29, 1.82) is 0 Å². The molecule has 0 radical (unpaired) electrons. The molecule has 0 N–H and O–H groups in total. The van der Waals surface area contributed by atoms with Gasteiger partial charge in [-0.25, -0.2) is 0 Å². The van der Waals surface area contributed by atoms with Gasteiger partial charge in [0, 0.05) is 18.5 Å². The first-order chi connectivity index (χ1) is 9.29. The van der Waals surface area contributed by atoms with Gasteiger partial charge in [0.25, 0.3) is 0 Å². The molecule has 0 aromatic carbocycles. The molecule has 0 bridgehead atoms. The summed E-state index contributed by atoms with van der Waals surface area (Å²) in [5.74, 6) is 1.97. The maximum absolute atomic E-state index is 13.1. The van der Waals surface area contributed by atoms with E-state index in [2.05, 4.69) is 60.3 Å². The van der Waals surface area contributed by atoms with E-state index in [4.69, 9.17) is 0 Å². The van der Waals surface area contributed by atoms with Gasteiger partial charge < -0.3 is 4.90 Å². The fourth-order valence-electron chi connectivity index (χ4n) is 3.17. The van der Waals surface area contributed by atoms with E-state index < -0.39 is 0 Å². The summed E-state index contributed by atoms with van der Waals surface area (Å²) in [5, 5.41) is 0. The molecule has 20 heavy (non-hydrogen) atoms. The van der Waals surface area contributed by atoms with Crippen molar-refractivity contribution in [2.45, 2.75) is 80.7 Å². The third kappa shape index (κ3) is 5.46. The SMILES string of the molecule is CCC(C)C(C(=O)N(CC(C)C)C(CC)CC)C(C)C. The van der Waals surface area contributed by atoms with E-state index in [0.717, 1.165) is 25.8 Å². The summed E-state index contributed by atoms with van der Waals surface area (Å²) in [6.07, 6.45) is 3.19. The molecule has 0 aliphatic heterocycles. The van der Waals surface area contributed by atoms with Crippen LogP contribution in [0.3, 0.4) is 0 Å². The molecule has 0 saturated carbocycles. The summed E-state index contributed by atoms with van der Waals surface area (Å²) in [6.45, 7) is 18.5. The van der Waals surface area contributed by atoms with Crippen molar-refractivity contribution in [1.82, 2.24) is 4.90 Å². The quantitative estimate of drug-likeness (QED) is 0.584. The number of carbonyl (C=O) groups excluding carboxylic acids is 1. The van der Waals surface area contributed by atoms with E-state index in [9.17, 15) is 4.79 Å². The number of carbonyl (C=O) groups is 1. The zero-order chi connectivity index (χ0) is 15.9. The maximum atomic E-state index is 13.1. The minimum atomic E-state index is 0.166. The average molecular weight is 284 g/mol. The Morgan fingerprint density at radius 3 is 1.70 bits per heavy atom. The highest BCUT2D eigenvalue weighted by Crippen LogP contribution is 2.28. The van der Waals surface area contributed by atoms with Crippen LogP contribution >= 0.6 is 0 Å². The molecular formula is C18H37NO. The molecule has 0 fully saturated rings. The van der Waals surface area contributed by atoms with Crippen LogP contribution in [0.2, 0.25) is 0 Å². The molecule has 0 saturated heterocycles. The van der Waals surface area contributed by atoms with Crippen molar-refractivity contribution in [2.24, 2.45) is 23.7 Å². The van der Waals surface area contributed by atoms with Crippen molar-refractivity contribution in [3.8, 4) is 0 Å². The van der Waals surface area contributed by atoms with Crippen LogP contribution in [0.1, 0.15) is 74.7 Å². The van der Waals surface area contributed by atoms with E-state index in [0.29, 0.717) is 29.7 Å². The highest BCUT2D eigenvalue weighted by molar-refractivity contribution is 5.79. The third-order valence-electron chi connectivity index (χ3n) is 4.49. The second kappa shape index (κ2) is 9.41. The van der Waals surface area contributed by atoms with Gasteiger partial charge >= 0.3 is 0 Å². The Hall–Kier alpha value is -0.530. The number of hydrogen-bond acceptors (Lipinski definition) is 1. The second-order valence-corrected chi connectivity index (χ2v) is 7.01. The fourth-order valence-corrected chi connectivity index (χ4v) is 3.17. The predicted molar refractivity (Wildman–Crippen MR) is 88.7 cm³/mol. The lowest BCUT2D eigenvalue weighted by atomic mass is 9.81. The van der Waals surface area contributed by atoms with Crippen LogP contribution in [-0.2, 0) is 4.79 Å². The largest absolute Gasteiger partial charge is 0.339 e. The average Bonchev–Trinajstić information content (AvgIpc) is 2.37. The first-order valence-electron chi connectivity index (χ1n) is 8.60. The van der Waals surface area contributed by atoms with Crippen LogP contribution < -0.4 is 0 Å². The Kier molecular flexibility index (Phi) is 9.16. The van der Waals surface area contributed by atoms with Crippen LogP contribution in [0.15, 0.2) is 0 Å². The van der Waals surface area contributed by atoms with E-state index in [1.165, 1.54) is 0 Å². The minimum Gasteiger partial charge on any atom is -0.339 e. The zero-order valence-corrected chi connectivity index (χ0v) is 15.1. The van der Waals surface area contributed by atoms with E-state index >= 15 is 0 Å². The minimum absolute atomic E-state index is 0.166. The van der Waals surface area contributed by atoms with E-state index in [1.54, 1.807) is 0 Å². The molecule has 2 unspecified atom stereocenters. The van der Waals surface area contributed by atoms with Gasteiger partial charge in [0.1, 0.15) is 0 Å². The van der Waals surface area contributed by atoms with Gasteiger partial charge in [0.15, 0.2) is 0 Å². The Bertz CT molecular complexity index is 269. The number of hydrogen-bond donors (Lipinski definition) is 0. The summed E-state index contributed by atoms with van der Waals surface area (Å²) < 4.78 is 0. The topological polar surface area (TPSA) is 20.3 Å². The molecule has 120 valence electrons. The number of amides is 1. The summed E-state index contributed by atoms with van der Waals surface area (Å²) in [5.41, 5.74) is 0. The van der Waals surface area contributed by atoms with Crippen LogP contribution in [0, 0.1) is 23.7 Å². The normalized spacial score (nSPS) is 14.9. The van der Waals surface area contributed by atoms with E-state index in [-0.39, 0.29) is 5.92 Å². The zero-order valence-electron chi connectivity index (χ0n) is 15.1. The molecule has 2 heteroatoms. The van der Waals surface area contributed by atoms with Crippen molar-refractivity contribution in [3.63, 3.8) is 0 Å². The molecule has 1 amide bonds. The summed E-state index contributed by atoms with van der Waals surface area (Å²) in [6, 6.07) is 0.398. The van der Waals surface area contributed by atoms with Crippen molar-refractivity contribution >= 4 is 5.91 Å². The van der Waals surface area contributed by atoms with Gasteiger partial charge in [0.2, 0.25) is 5.91 Å². The highest BCUT2D eigenvalue weighted by Gasteiger charge is 2.33. The summed E-state index contributed by atoms with van der Waals surface area (Å²) in [4.78, 5) is 15.3. The van der Waals surface area contributed by atoms with Gasteiger partial charge in [-0.3, -0.25) is 4.79 Å². The Balaban J connectivity index is 5.25. The maximum Gasteiger partial charge on any atom is 0.226 e. The van der Waals surface area contributed by atoms with Gasteiger partial charge in [-0.15, -0.1) is 0 Å². The number of rotatable bonds is 9. The van der Waals surface area contributed by atoms with Crippen molar-refractivity contribution in [2.75, 3.05) is 6.54 Å². The van der Waals surface area contributed by atoms with E-state index in [1.807, 2.05) is 0 Å². The van der Waals surface area contributed by atoms with Gasteiger partial charge in [-0.1, -0.05) is 61.8 Å². The molecule has 2 nitrogen and oxygen atoms in total. The Labute approximate surface area is 127 Å². The van der Waals surface area contributed by atoms with Gasteiger partial charge in [0.05, 0.1) is 0 Å². The standard InChI is InChI=1S/C18H37NO/c1-9-15(8)17(14(6)7)18(20)19(12-13(4)5)16(10-2)11-3/h13-17H,9-12H2,1-8H3. The molecule has 0 rings (SSSR count). The second-order valence-electron chi connectivity index (χ2n) is 7.01. The lowest BCUT2D eigenvalue weighted by Gasteiger charge is -2.38. The lowest BCUT2D eigenvalue weighted by molar-refractivity contribution is -0.142. The molecule has 2 atom stereocenters. The smallest absolute Gasteiger partial charge is 0.226 e. The Morgan fingerprint density at radius 2 is 1.40 bits per heavy atom. The van der Waals surface area contributed by atoms with Crippen LogP contribution in [0.4, 0.5) is 0 Å². The highest BCUT2D eigenvalue weighted by atomic mass is 16.2. The van der Waals surface area contributed by atoms with Crippen LogP contribution in [0.5, 0.6) is 0 Å². The molecular weight excluding hydrogens is 246 g/mol. The molecule has 0 aromatic heterocycles. The predicted octanol–water partition coefficient (Wildman–Crippen LogP) is 4.98. The van der Waals surface area contributed by atoms with Crippen LogP contribution in [-0.4, -0.2) is 23.4 Å². The Morgan fingerprint density at radius 1 is 0.900 bits per heavy atom. The van der Waals surface area contributed by atoms with Crippen LogP contribution in [0.25, 0.3) is 0 Å². The van der Waals surface area contributed by atoms with Gasteiger partial charge in [-0.2, -0.15) is 0 Å². The first-order valence-corrected chi connectivity index (χ1v) is 8.60. The summed E-state index contributed by atoms with van der Waals surface area (Å²) >= 11 is 0. The molecule has 0 aliphatic carbocycles. The molecule has 0 heterocycles. The fraction of sp³-hybridized carbons (Fsp3) is 0.944. The molecule has 0 aliphatic rings. The monoisotopic (exact) mass is 283 g/mol. The number of nitrogens with zero attached hydrogens (tertiary/aromatic N) is 1. The molecule has 0 aromatic rings.